The molecule has 0 spiro atoms. The van der Waals surface area contributed by atoms with Crippen LogP contribution in [0.1, 0.15) is 19.8 Å². The van der Waals surface area contributed by atoms with Gasteiger partial charge in [0.15, 0.2) is 0 Å². The predicted molar refractivity (Wildman–Crippen MR) is 24.2 cm³/mol. The van der Waals surface area contributed by atoms with Crippen LogP contribution in [-0.2, 0) is 0 Å². The van der Waals surface area contributed by atoms with Crippen LogP contribution in [0.3, 0.4) is 0 Å². The van der Waals surface area contributed by atoms with Crippen molar-refractivity contribution in [2.24, 2.45) is 0 Å². The third kappa shape index (κ3) is 16.6. The van der Waals surface area contributed by atoms with E-state index in [4.69, 9.17) is 0 Å². The Kier molecular flexibility index (Phi) is 50.6. The van der Waals surface area contributed by atoms with Gasteiger partial charge in [0.2, 0.25) is 0 Å². The smallest absolute Gasteiger partial charge is 0.878 e. The van der Waals surface area contributed by atoms with E-state index in [9.17, 15) is 30.6 Å². The molecule has 0 aromatic rings. The van der Waals surface area contributed by atoms with E-state index in [2.05, 4.69) is 0 Å². The van der Waals surface area contributed by atoms with Gasteiger partial charge >= 0.3 is 177 Å². The third-order valence-corrected chi connectivity index (χ3v) is 1.40. The predicted octanol–water partition coefficient (Wildman–Crippen LogP) is -24.3. The molecule has 0 aliphatic heterocycles. The first-order valence-electron chi connectivity index (χ1n) is 3.41. The summed E-state index contributed by atoms with van der Waals surface area (Å²) in [5.41, 5.74) is 0. The second kappa shape index (κ2) is 20.8. The molecule has 1 atom stereocenters. The minimum atomic E-state index is -4.76. The van der Waals surface area contributed by atoms with Gasteiger partial charge < -0.3 is 36.6 Å². The maximum Gasteiger partial charge on any atom is 1.00 e. The molecule has 0 amide bonds. The minimum absolute atomic E-state index is 0. The Labute approximate surface area is 240 Å². The van der Waals surface area contributed by atoms with Crippen LogP contribution in [0, 0.1) is 0 Å². The Morgan fingerprint density at radius 1 is 0.778 bits per heavy atom. The molecule has 0 saturated heterocycles. The van der Waals surface area contributed by atoms with Gasteiger partial charge in [-0.15, -0.1) is 0 Å². The summed E-state index contributed by atoms with van der Waals surface area (Å²) >= 11 is 0. The van der Waals surface area contributed by atoms with Gasteiger partial charge in [0.05, 0.1) is 0 Å². The fraction of sp³-hybridized carbons (Fsp3) is 1.00. The molecule has 0 fully saturated rings. The van der Waals surface area contributed by atoms with Crippen LogP contribution in [-0.4, -0.2) is 17.9 Å². The van der Waals surface area contributed by atoms with E-state index in [1.54, 1.807) is 0 Å². The Balaban J connectivity index is -0.0000000403. The van der Waals surface area contributed by atoms with Gasteiger partial charge in [-0.3, -0.25) is 5.79 Å². The molecule has 0 saturated carbocycles. The molecule has 0 N–H and O–H groups in total. The van der Waals surface area contributed by atoms with Gasteiger partial charge in [0, 0.05) is 0 Å². The zero-order chi connectivity index (χ0) is 9.99. The molecule has 74 valence electrons. The van der Waals surface area contributed by atoms with E-state index < -0.39 is 24.3 Å². The van der Waals surface area contributed by atoms with Gasteiger partial charge in [0.1, 0.15) is 0 Å². The maximum absolute atomic E-state index is 10.6. The molecule has 0 bridgehead atoms. The first-order chi connectivity index (χ1) is 5.23. The summed E-state index contributed by atoms with van der Waals surface area (Å²) in [7, 11) is 0. The molecule has 1 unspecified atom stereocenters. The van der Waals surface area contributed by atoms with Crippen LogP contribution in [0.15, 0.2) is 0 Å². The van der Waals surface area contributed by atoms with Crippen LogP contribution < -0.4 is 208 Å². The average molecular weight is 314 g/mol. The monoisotopic (exact) mass is 314 g/mol. The number of hydrogen-bond donors (Lipinski definition) is 0. The normalized spacial score (nSPS) is 10.8. The van der Waals surface area contributed by atoms with Gasteiger partial charge in [-0.2, -0.15) is 6.10 Å². The number of rotatable bonds is 4. The molecule has 0 aromatic heterocycles. The SMILES string of the molecule is CCCC([O-])C([O-])([O-])C([O-])([O-])[O-].[Na+].[Na+].[Na+].[Na+].[Na+].[Na+]. The van der Waals surface area contributed by atoms with Crippen LogP contribution in [0.5, 0.6) is 0 Å². The summed E-state index contributed by atoms with van der Waals surface area (Å²) in [4.78, 5) is 0. The van der Waals surface area contributed by atoms with E-state index in [1.807, 2.05) is 0 Å². The van der Waals surface area contributed by atoms with Gasteiger partial charge in [-0.1, -0.05) is 19.8 Å². The van der Waals surface area contributed by atoms with Crippen molar-refractivity contribution >= 4 is 0 Å². The second-order valence-electron chi connectivity index (χ2n) is 2.50. The summed E-state index contributed by atoms with van der Waals surface area (Å²) in [6.07, 6.45) is -2.73. The summed E-state index contributed by atoms with van der Waals surface area (Å²) in [5.74, 6) is -9.03. The number of hydrogen-bond acceptors (Lipinski definition) is 6. The summed E-state index contributed by atoms with van der Waals surface area (Å²) in [6, 6.07) is 0. The summed E-state index contributed by atoms with van der Waals surface area (Å²) in [6.45, 7) is 1.49. The first-order valence-corrected chi connectivity index (χ1v) is 3.41. The Hall–Kier alpha value is 5.76. The van der Waals surface area contributed by atoms with Gasteiger partial charge in [-0.25, -0.2) is 0 Å². The molecule has 12 heteroatoms. The largest absolute Gasteiger partial charge is 1.00 e. The topological polar surface area (TPSA) is 138 Å². The fourth-order valence-corrected chi connectivity index (χ4v) is 0.649. The Morgan fingerprint density at radius 3 is 1.22 bits per heavy atom. The molecule has 0 aliphatic rings. The fourth-order valence-electron chi connectivity index (χ4n) is 0.649. The van der Waals surface area contributed by atoms with E-state index in [1.165, 1.54) is 6.92 Å². The van der Waals surface area contributed by atoms with Gasteiger partial charge in [0.25, 0.3) is 0 Å². The van der Waals surface area contributed by atoms with E-state index >= 15 is 0 Å². The van der Waals surface area contributed by atoms with E-state index in [-0.39, 0.29) is 184 Å². The van der Waals surface area contributed by atoms with Crippen molar-refractivity contribution in [3.63, 3.8) is 0 Å². The van der Waals surface area contributed by atoms with E-state index in [0.29, 0.717) is 0 Å². The van der Waals surface area contributed by atoms with Crippen LogP contribution >= 0.6 is 0 Å². The molecule has 0 aromatic carbocycles. The zero-order valence-electron chi connectivity index (χ0n) is 12.4. The molecule has 18 heavy (non-hydrogen) atoms. The molecule has 0 radical (unpaired) electrons. The molecule has 6 nitrogen and oxygen atoms in total. The van der Waals surface area contributed by atoms with Crippen LogP contribution in [0.25, 0.3) is 0 Å². The van der Waals surface area contributed by atoms with Crippen molar-refractivity contribution in [2.45, 2.75) is 37.6 Å². The molecule has 0 rings (SSSR count). The summed E-state index contributed by atoms with van der Waals surface area (Å²) in [5, 5.41) is 61.1. The van der Waals surface area contributed by atoms with Crippen molar-refractivity contribution in [1.82, 2.24) is 0 Å². The summed E-state index contributed by atoms with van der Waals surface area (Å²) < 4.78 is 0. The minimum Gasteiger partial charge on any atom is -0.878 e. The Morgan fingerprint density at radius 2 is 1.06 bits per heavy atom. The second-order valence-corrected chi connectivity index (χ2v) is 2.50. The average Bonchev–Trinajstić information content (AvgIpc) is 1.85. The van der Waals surface area contributed by atoms with Crippen molar-refractivity contribution < 1.29 is 208 Å². The van der Waals surface area contributed by atoms with Crippen LogP contribution in [0.4, 0.5) is 0 Å². The van der Waals surface area contributed by atoms with Crippen molar-refractivity contribution in [3.8, 4) is 0 Å². The van der Waals surface area contributed by atoms with Crippen molar-refractivity contribution in [2.75, 3.05) is 0 Å². The first kappa shape index (κ1) is 43.8. The molecule has 0 aliphatic carbocycles. The maximum atomic E-state index is 10.6. The van der Waals surface area contributed by atoms with Crippen molar-refractivity contribution in [1.29, 1.82) is 0 Å². The third-order valence-electron chi connectivity index (χ3n) is 1.40. The van der Waals surface area contributed by atoms with Crippen molar-refractivity contribution in [3.05, 3.63) is 0 Å². The quantitative estimate of drug-likeness (QED) is 0.373. The molecule has 0 heterocycles. The Bertz CT molecular complexity index is 154. The van der Waals surface area contributed by atoms with Gasteiger partial charge in [-0.05, 0) is 0 Å². The zero-order valence-corrected chi connectivity index (χ0v) is 24.4. The molecular formula is C6H8Na6O6. The van der Waals surface area contributed by atoms with Crippen LogP contribution in [0.2, 0.25) is 0 Å². The standard InChI is InChI=1S/C6H8O6.6Na/c1-2-3-4(7)5(8,9)6(10,11)12;;;;;;/h4H,2-3H2,1H3;;;;;;/q-6;6*+1. The van der Waals surface area contributed by atoms with E-state index in [0.717, 1.165) is 0 Å². The molecular weight excluding hydrogens is 306 g/mol.